The summed E-state index contributed by atoms with van der Waals surface area (Å²) in [6.07, 6.45) is 5.96. The predicted molar refractivity (Wildman–Crippen MR) is 90.5 cm³/mol. The fourth-order valence-corrected chi connectivity index (χ4v) is 3.07. The third-order valence-electron chi connectivity index (χ3n) is 4.19. The summed E-state index contributed by atoms with van der Waals surface area (Å²) < 4.78 is 2.00. The van der Waals surface area contributed by atoms with Crippen LogP contribution in [0.3, 0.4) is 0 Å². The van der Waals surface area contributed by atoms with Crippen LogP contribution in [0.4, 0.5) is 5.69 Å². The summed E-state index contributed by atoms with van der Waals surface area (Å²) >= 11 is 0. The molecule has 1 fully saturated rings. The lowest BCUT2D eigenvalue weighted by molar-refractivity contribution is 0.320. The average Bonchev–Trinajstić information content (AvgIpc) is 3.22. The van der Waals surface area contributed by atoms with Crippen LogP contribution in [0, 0.1) is 0 Å². The van der Waals surface area contributed by atoms with E-state index in [2.05, 4.69) is 25.0 Å². The number of oxime groups is 1. The van der Waals surface area contributed by atoms with Gasteiger partial charge in [0.1, 0.15) is 5.52 Å². The van der Waals surface area contributed by atoms with Gasteiger partial charge in [-0.05, 0) is 19.8 Å². The maximum atomic E-state index is 9.35. The van der Waals surface area contributed by atoms with E-state index >= 15 is 0 Å². The number of fused-ring (bicyclic) bond motifs is 1. The molecule has 0 atom stereocenters. The third-order valence-corrected chi connectivity index (χ3v) is 4.19. The van der Waals surface area contributed by atoms with Gasteiger partial charge in [-0.25, -0.2) is 4.98 Å². The Bertz CT molecular complexity index is 771. The largest absolute Gasteiger partial charge is 0.410 e. The highest BCUT2D eigenvalue weighted by Crippen LogP contribution is 2.29. The molecule has 8 heteroatoms. The molecule has 0 bridgehead atoms. The molecule has 2 aromatic heterocycles. The Kier molecular flexibility index (Phi) is 4.14. The van der Waals surface area contributed by atoms with E-state index in [1.54, 1.807) is 13.2 Å². The monoisotopic (exact) mass is 315 g/mol. The van der Waals surface area contributed by atoms with E-state index in [-0.39, 0.29) is 11.5 Å². The Balaban J connectivity index is 2.23. The minimum absolute atomic E-state index is 0.146. The molecule has 1 aliphatic heterocycles. The first-order valence-corrected chi connectivity index (χ1v) is 7.75. The number of amidine groups is 1. The maximum Gasteiger partial charge on any atom is 0.186 e. The average molecular weight is 315 g/mol. The Hall–Kier alpha value is -2.64. The molecule has 0 amide bonds. The van der Waals surface area contributed by atoms with E-state index < -0.39 is 0 Å². The Morgan fingerprint density at radius 2 is 2.09 bits per heavy atom. The van der Waals surface area contributed by atoms with E-state index in [0.717, 1.165) is 29.8 Å². The van der Waals surface area contributed by atoms with Gasteiger partial charge in [-0.1, -0.05) is 5.16 Å². The van der Waals surface area contributed by atoms with Gasteiger partial charge in [0.25, 0.3) is 0 Å². The smallest absolute Gasteiger partial charge is 0.186 e. The van der Waals surface area contributed by atoms with E-state index in [1.807, 2.05) is 17.7 Å². The predicted octanol–water partition coefficient (Wildman–Crippen LogP) is 1.22. The minimum atomic E-state index is 0.146. The molecular formula is C15H21N7O. The van der Waals surface area contributed by atoms with E-state index in [0.29, 0.717) is 12.4 Å². The van der Waals surface area contributed by atoms with Crippen LogP contribution in [0.2, 0.25) is 0 Å². The van der Waals surface area contributed by atoms with Gasteiger partial charge in [0.2, 0.25) is 0 Å². The van der Waals surface area contributed by atoms with Crippen LogP contribution in [0.5, 0.6) is 0 Å². The van der Waals surface area contributed by atoms with Gasteiger partial charge in [0.05, 0.1) is 23.6 Å². The van der Waals surface area contributed by atoms with E-state index in [4.69, 9.17) is 5.73 Å². The number of anilines is 1. The third kappa shape index (κ3) is 2.49. The number of aliphatic imine (C=N–C) groups is 1. The summed E-state index contributed by atoms with van der Waals surface area (Å²) in [4.78, 5) is 15.1. The molecule has 0 radical (unpaired) electrons. The quantitative estimate of drug-likeness (QED) is 0.382. The molecule has 0 spiro atoms. The summed E-state index contributed by atoms with van der Waals surface area (Å²) in [6, 6.07) is 0. The number of pyridine rings is 1. The second-order valence-electron chi connectivity index (χ2n) is 5.46. The van der Waals surface area contributed by atoms with Crippen molar-refractivity contribution >= 4 is 28.3 Å². The Labute approximate surface area is 134 Å². The van der Waals surface area contributed by atoms with Crippen molar-refractivity contribution in [1.82, 2.24) is 14.5 Å². The molecule has 0 saturated carbocycles. The van der Waals surface area contributed by atoms with Gasteiger partial charge in [0.15, 0.2) is 17.4 Å². The molecule has 2 aromatic rings. The molecule has 23 heavy (non-hydrogen) atoms. The van der Waals surface area contributed by atoms with Crippen LogP contribution in [0.15, 0.2) is 22.5 Å². The van der Waals surface area contributed by atoms with Gasteiger partial charge in [-0.2, -0.15) is 0 Å². The highest BCUT2D eigenvalue weighted by molar-refractivity contribution is 6.46. The number of aryl methyl sites for hydroxylation is 1. The van der Waals surface area contributed by atoms with Crippen molar-refractivity contribution in [2.75, 3.05) is 25.0 Å². The molecule has 1 saturated heterocycles. The maximum absolute atomic E-state index is 9.35. The van der Waals surface area contributed by atoms with Crippen LogP contribution in [-0.2, 0) is 6.54 Å². The topological polar surface area (TPSA) is 105 Å². The van der Waals surface area contributed by atoms with Crippen LogP contribution in [-0.4, -0.2) is 51.4 Å². The molecule has 3 heterocycles. The standard InChI is InChI=1S/C15H21N7O/c1-3-22-13-10(19-15(22)12(20-23)14(16)17-2)8-18-9-11(13)21-6-4-5-7-21/h8-9,23H,3-7H2,1-2H3,(H2,16,17)/b20-12+. The first-order chi connectivity index (χ1) is 11.2. The van der Waals surface area contributed by atoms with Crippen molar-refractivity contribution in [3.8, 4) is 0 Å². The van der Waals surface area contributed by atoms with E-state index in [9.17, 15) is 5.21 Å². The van der Waals surface area contributed by atoms with Crippen molar-refractivity contribution in [1.29, 1.82) is 0 Å². The minimum Gasteiger partial charge on any atom is -0.410 e. The first-order valence-electron chi connectivity index (χ1n) is 7.75. The van der Waals surface area contributed by atoms with Gasteiger partial charge < -0.3 is 20.4 Å². The number of nitrogens with zero attached hydrogens (tertiary/aromatic N) is 6. The number of hydrogen-bond acceptors (Lipinski definition) is 6. The zero-order valence-electron chi connectivity index (χ0n) is 13.4. The summed E-state index contributed by atoms with van der Waals surface area (Å²) in [7, 11) is 1.55. The highest BCUT2D eigenvalue weighted by Gasteiger charge is 2.23. The number of imidazole rings is 1. The van der Waals surface area contributed by atoms with Crippen LogP contribution < -0.4 is 10.6 Å². The van der Waals surface area contributed by atoms with Gasteiger partial charge in [-0.3, -0.25) is 9.98 Å². The second kappa shape index (κ2) is 6.23. The fourth-order valence-electron chi connectivity index (χ4n) is 3.07. The Morgan fingerprint density at radius 3 is 2.70 bits per heavy atom. The molecule has 0 unspecified atom stereocenters. The summed E-state index contributed by atoms with van der Waals surface area (Å²) in [5, 5.41) is 12.7. The van der Waals surface area contributed by atoms with Crippen molar-refractivity contribution < 1.29 is 5.21 Å². The number of aromatic nitrogens is 3. The fraction of sp³-hybridized carbons (Fsp3) is 0.467. The van der Waals surface area contributed by atoms with Gasteiger partial charge in [0, 0.05) is 26.7 Å². The van der Waals surface area contributed by atoms with Crippen LogP contribution in [0.1, 0.15) is 25.6 Å². The van der Waals surface area contributed by atoms with Crippen molar-refractivity contribution in [3.63, 3.8) is 0 Å². The van der Waals surface area contributed by atoms with Crippen molar-refractivity contribution in [2.24, 2.45) is 15.9 Å². The molecular weight excluding hydrogens is 294 g/mol. The number of rotatable bonds is 4. The van der Waals surface area contributed by atoms with Crippen molar-refractivity contribution in [2.45, 2.75) is 26.3 Å². The lowest BCUT2D eigenvalue weighted by atomic mass is 10.3. The molecule has 0 aliphatic carbocycles. The van der Waals surface area contributed by atoms with Crippen LogP contribution in [0.25, 0.3) is 11.0 Å². The van der Waals surface area contributed by atoms with Crippen molar-refractivity contribution in [3.05, 3.63) is 18.2 Å². The molecule has 1 aliphatic rings. The molecule has 8 nitrogen and oxygen atoms in total. The number of nitrogens with two attached hydrogens (primary N) is 1. The molecule has 3 rings (SSSR count). The van der Waals surface area contributed by atoms with Gasteiger partial charge in [-0.15, -0.1) is 0 Å². The summed E-state index contributed by atoms with van der Waals surface area (Å²) in [5.41, 5.74) is 8.83. The normalized spacial score (nSPS) is 16.5. The summed E-state index contributed by atoms with van der Waals surface area (Å²) in [5.74, 6) is 0.648. The molecule has 122 valence electrons. The summed E-state index contributed by atoms with van der Waals surface area (Å²) in [6.45, 7) is 4.73. The highest BCUT2D eigenvalue weighted by atomic mass is 16.4. The zero-order chi connectivity index (χ0) is 16.4. The molecule has 3 N–H and O–H groups in total. The van der Waals surface area contributed by atoms with Crippen LogP contribution >= 0.6 is 0 Å². The number of hydrogen-bond donors (Lipinski definition) is 2. The lowest BCUT2D eigenvalue weighted by Crippen LogP contribution is -2.28. The SMILES string of the molecule is CCn1c(/C(=N/O)C(N)=NC)nc2cncc(N3CCCC3)c21. The molecule has 0 aromatic carbocycles. The first kappa shape index (κ1) is 15.3. The van der Waals surface area contributed by atoms with E-state index in [1.165, 1.54) is 12.8 Å². The lowest BCUT2D eigenvalue weighted by Gasteiger charge is -2.19. The Morgan fingerprint density at radius 1 is 1.35 bits per heavy atom. The zero-order valence-corrected chi connectivity index (χ0v) is 13.4. The second-order valence-corrected chi connectivity index (χ2v) is 5.46. The van der Waals surface area contributed by atoms with Gasteiger partial charge >= 0.3 is 0 Å².